The Balaban J connectivity index is 1.52. The minimum atomic E-state index is 0.0193. The number of hydrogen-bond acceptors (Lipinski definition) is 5. The third kappa shape index (κ3) is 5.04. The SMILES string of the molecule is CN=C(NCCc1noc(-c2ccccn2)n1)NC(C)c1ccccc1Cl. The Morgan fingerprint density at radius 2 is 2.04 bits per heavy atom. The van der Waals surface area contributed by atoms with Crippen LogP contribution in [-0.2, 0) is 6.42 Å². The standard InChI is InChI=1S/C19H21ClN6O/c1-13(14-7-3-4-8-15(14)20)24-19(21-2)23-12-10-17-25-18(27-26-17)16-9-5-6-11-22-16/h3-9,11,13H,10,12H2,1-2H3,(H2,21,23,24). The number of rotatable bonds is 6. The molecule has 0 fully saturated rings. The van der Waals surface area contributed by atoms with Gasteiger partial charge < -0.3 is 15.2 Å². The Bertz CT molecular complexity index is 896. The molecular formula is C19H21ClN6O. The highest BCUT2D eigenvalue weighted by Crippen LogP contribution is 2.21. The van der Waals surface area contributed by atoms with Crippen molar-refractivity contribution in [3.05, 3.63) is 65.1 Å². The summed E-state index contributed by atoms with van der Waals surface area (Å²) in [6, 6.07) is 13.3. The summed E-state index contributed by atoms with van der Waals surface area (Å²) in [6.07, 6.45) is 2.29. The van der Waals surface area contributed by atoms with Gasteiger partial charge in [0.25, 0.3) is 5.89 Å². The molecular weight excluding hydrogens is 364 g/mol. The van der Waals surface area contributed by atoms with Crippen molar-refractivity contribution in [1.29, 1.82) is 0 Å². The molecule has 0 spiro atoms. The lowest BCUT2D eigenvalue weighted by atomic mass is 10.1. The summed E-state index contributed by atoms with van der Waals surface area (Å²) in [4.78, 5) is 12.8. The molecule has 8 heteroatoms. The van der Waals surface area contributed by atoms with Crippen LogP contribution in [-0.4, -0.2) is 34.7 Å². The molecule has 1 aromatic carbocycles. The summed E-state index contributed by atoms with van der Waals surface area (Å²) in [6.45, 7) is 2.64. The van der Waals surface area contributed by atoms with Crippen LogP contribution < -0.4 is 10.6 Å². The number of nitrogens with one attached hydrogen (secondary N) is 2. The van der Waals surface area contributed by atoms with Crippen LogP contribution >= 0.6 is 11.6 Å². The van der Waals surface area contributed by atoms with E-state index in [0.29, 0.717) is 36.3 Å². The second kappa shape index (κ2) is 9.14. The van der Waals surface area contributed by atoms with Gasteiger partial charge in [-0.15, -0.1) is 0 Å². The second-order valence-electron chi connectivity index (χ2n) is 5.87. The number of benzene rings is 1. The summed E-state index contributed by atoms with van der Waals surface area (Å²) >= 11 is 6.25. The number of pyridine rings is 1. The molecule has 1 atom stereocenters. The molecule has 3 aromatic rings. The first-order valence-corrected chi connectivity index (χ1v) is 9.00. The average molecular weight is 385 g/mol. The molecule has 1 unspecified atom stereocenters. The predicted molar refractivity (Wildman–Crippen MR) is 106 cm³/mol. The highest BCUT2D eigenvalue weighted by atomic mass is 35.5. The van der Waals surface area contributed by atoms with Gasteiger partial charge in [0.1, 0.15) is 5.69 Å². The zero-order valence-corrected chi connectivity index (χ0v) is 15.9. The Morgan fingerprint density at radius 1 is 1.22 bits per heavy atom. The van der Waals surface area contributed by atoms with Crippen LogP contribution in [0.2, 0.25) is 5.02 Å². The molecule has 0 aliphatic rings. The molecule has 27 heavy (non-hydrogen) atoms. The van der Waals surface area contributed by atoms with Gasteiger partial charge >= 0.3 is 0 Å². The van der Waals surface area contributed by atoms with Crippen LogP contribution in [0, 0.1) is 0 Å². The topological polar surface area (TPSA) is 88.2 Å². The highest BCUT2D eigenvalue weighted by molar-refractivity contribution is 6.31. The lowest BCUT2D eigenvalue weighted by Crippen LogP contribution is -2.39. The van der Waals surface area contributed by atoms with Crippen molar-refractivity contribution in [2.24, 2.45) is 4.99 Å². The van der Waals surface area contributed by atoms with E-state index in [0.717, 1.165) is 10.6 Å². The van der Waals surface area contributed by atoms with E-state index in [1.54, 1.807) is 13.2 Å². The Kier molecular flexibility index (Phi) is 6.38. The monoisotopic (exact) mass is 384 g/mol. The molecule has 0 radical (unpaired) electrons. The largest absolute Gasteiger partial charge is 0.356 e. The molecule has 2 N–H and O–H groups in total. The third-order valence-corrected chi connectivity index (χ3v) is 4.29. The van der Waals surface area contributed by atoms with Crippen molar-refractivity contribution < 1.29 is 4.52 Å². The van der Waals surface area contributed by atoms with Gasteiger partial charge in [-0.1, -0.05) is 41.0 Å². The molecule has 0 amide bonds. The summed E-state index contributed by atoms with van der Waals surface area (Å²) in [7, 11) is 1.72. The normalized spacial score (nSPS) is 12.6. The summed E-state index contributed by atoms with van der Waals surface area (Å²) in [5.74, 6) is 1.70. The third-order valence-electron chi connectivity index (χ3n) is 3.94. The fourth-order valence-corrected chi connectivity index (χ4v) is 2.84. The van der Waals surface area contributed by atoms with Gasteiger partial charge in [0, 0.05) is 31.2 Å². The van der Waals surface area contributed by atoms with Gasteiger partial charge in [-0.05, 0) is 30.7 Å². The number of aromatic nitrogens is 3. The van der Waals surface area contributed by atoms with Gasteiger partial charge in [-0.3, -0.25) is 9.98 Å². The molecule has 0 bridgehead atoms. The van der Waals surface area contributed by atoms with Crippen LogP contribution in [0.3, 0.4) is 0 Å². The summed E-state index contributed by atoms with van der Waals surface area (Å²) in [5, 5.41) is 11.3. The Labute approximate surface area is 162 Å². The number of guanidine groups is 1. The quantitative estimate of drug-likeness (QED) is 0.501. The molecule has 0 aliphatic carbocycles. The van der Waals surface area contributed by atoms with Crippen molar-refractivity contribution in [3.63, 3.8) is 0 Å². The van der Waals surface area contributed by atoms with E-state index < -0.39 is 0 Å². The van der Waals surface area contributed by atoms with Gasteiger partial charge in [-0.25, -0.2) is 0 Å². The van der Waals surface area contributed by atoms with Gasteiger partial charge in [0.05, 0.1) is 6.04 Å². The lowest BCUT2D eigenvalue weighted by molar-refractivity contribution is 0.421. The van der Waals surface area contributed by atoms with Crippen LogP contribution in [0.25, 0.3) is 11.6 Å². The first kappa shape index (κ1) is 18.8. The maximum atomic E-state index is 6.25. The lowest BCUT2D eigenvalue weighted by Gasteiger charge is -2.19. The zero-order valence-electron chi connectivity index (χ0n) is 15.2. The first-order chi connectivity index (χ1) is 13.2. The Morgan fingerprint density at radius 3 is 2.78 bits per heavy atom. The van der Waals surface area contributed by atoms with Crippen molar-refractivity contribution in [1.82, 2.24) is 25.8 Å². The van der Waals surface area contributed by atoms with Gasteiger partial charge in [0.15, 0.2) is 11.8 Å². The van der Waals surface area contributed by atoms with Gasteiger partial charge in [0.2, 0.25) is 0 Å². The highest BCUT2D eigenvalue weighted by Gasteiger charge is 2.12. The number of hydrogen-bond donors (Lipinski definition) is 2. The fourth-order valence-electron chi connectivity index (χ4n) is 2.55. The number of nitrogens with zero attached hydrogens (tertiary/aromatic N) is 4. The van der Waals surface area contributed by atoms with Gasteiger partial charge in [-0.2, -0.15) is 4.98 Å². The van der Waals surface area contributed by atoms with E-state index in [9.17, 15) is 0 Å². The smallest absolute Gasteiger partial charge is 0.276 e. The fraction of sp³-hybridized carbons (Fsp3) is 0.263. The average Bonchev–Trinajstić information content (AvgIpc) is 3.17. The second-order valence-corrected chi connectivity index (χ2v) is 6.27. The summed E-state index contributed by atoms with van der Waals surface area (Å²) < 4.78 is 5.26. The zero-order chi connectivity index (χ0) is 19.1. The van der Waals surface area contributed by atoms with E-state index in [1.807, 2.05) is 49.4 Å². The van der Waals surface area contributed by atoms with E-state index in [2.05, 4.69) is 30.8 Å². The van der Waals surface area contributed by atoms with Crippen LogP contribution in [0.4, 0.5) is 0 Å². The van der Waals surface area contributed by atoms with Crippen LogP contribution in [0.15, 0.2) is 58.2 Å². The maximum Gasteiger partial charge on any atom is 0.276 e. The van der Waals surface area contributed by atoms with Crippen molar-refractivity contribution in [2.45, 2.75) is 19.4 Å². The van der Waals surface area contributed by atoms with Crippen LogP contribution in [0.5, 0.6) is 0 Å². The molecule has 7 nitrogen and oxygen atoms in total. The molecule has 0 saturated heterocycles. The molecule has 0 aliphatic heterocycles. The molecule has 140 valence electrons. The minimum Gasteiger partial charge on any atom is -0.356 e. The van der Waals surface area contributed by atoms with E-state index in [4.69, 9.17) is 16.1 Å². The van der Waals surface area contributed by atoms with E-state index >= 15 is 0 Å². The molecule has 3 rings (SSSR count). The van der Waals surface area contributed by atoms with Crippen LogP contribution in [0.1, 0.15) is 24.4 Å². The van der Waals surface area contributed by atoms with E-state index in [-0.39, 0.29) is 6.04 Å². The van der Waals surface area contributed by atoms with Crippen molar-refractivity contribution >= 4 is 17.6 Å². The Hall–Kier alpha value is -2.93. The first-order valence-electron chi connectivity index (χ1n) is 8.63. The summed E-state index contributed by atoms with van der Waals surface area (Å²) in [5.41, 5.74) is 1.68. The molecule has 2 heterocycles. The van der Waals surface area contributed by atoms with Crippen molar-refractivity contribution in [2.75, 3.05) is 13.6 Å². The number of aliphatic imine (C=N–C) groups is 1. The minimum absolute atomic E-state index is 0.0193. The molecule has 2 aromatic heterocycles. The molecule has 0 saturated carbocycles. The predicted octanol–water partition coefficient (Wildman–Crippen LogP) is 3.25. The maximum absolute atomic E-state index is 6.25. The van der Waals surface area contributed by atoms with Crippen molar-refractivity contribution in [3.8, 4) is 11.6 Å². The van der Waals surface area contributed by atoms with E-state index in [1.165, 1.54) is 0 Å². The number of halogens is 1.